The third kappa shape index (κ3) is 2.22. The number of fused-ring (bicyclic) bond motifs is 1. The van der Waals surface area contributed by atoms with Crippen molar-refractivity contribution in [1.29, 1.82) is 0 Å². The monoisotopic (exact) mass is 265 g/mol. The highest BCUT2D eigenvalue weighted by Crippen LogP contribution is 2.37. The summed E-state index contributed by atoms with van der Waals surface area (Å²) in [5.41, 5.74) is 0.702. The van der Waals surface area contributed by atoms with Gasteiger partial charge in [0.05, 0.1) is 17.9 Å². The first-order valence-corrected chi connectivity index (χ1v) is 6.77. The van der Waals surface area contributed by atoms with Gasteiger partial charge < -0.3 is 10.6 Å². The van der Waals surface area contributed by atoms with E-state index in [0.29, 0.717) is 22.7 Å². The minimum atomic E-state index is -0.0480. The summed E-state index contributed by atoms with van der Waals surface area (Å²) in [6.07, 6.45) is 5.25. The summed E-state index contributed by atoms with van der Waals surface area (Å²) in [5, 5.41) is 6.67. The molecule has 0 bridgehead atoms. The number of aromatic nitrogens is 1. The van der Waals surface area contributed by atoms with Crippen LogP contribution in [0.15, 0.2) is 18.3 Å². The summed E-state index contributed by atoms with van der Waals surface area (Å²) in [7, 11) is 0. The van der Waals surface area contributed by atoms with Gasteiger partial charge in [-0.05, 0) is 43.4 Å². The fourth-order valence-electron chi connectivity index (χ4n) is 3.14. The first-order valence-electron chi connectivity index (χ1n) is 6.40. The van der Waals surface area contributed by atoms with E-state index in [1.54, 1.807) is 18.3 Å². The Balaban J connectivity index is 1.66. The lowest BCUT2D eigenvalue weighted by Crippen LogP contribution is -2.39. The van der Waals surface area contributed by atoms with Crippen LogP contribution in [0.5, 0.6) is 0 Å². The van der Waals surface area contributed by atoms with Gasteiger partial charge >= 0.3 is 0 Å². The quantitative estimate of drug-likeness (QED) is 0.805. The molecule has 4 nitrogen and oxygen atoms in total. The second-order valence-electron chi connectivity index (χ2n) is 5.10. The summed E-state index contributed by atoms with van der Waals surface area (Å²) in [6, 6.07) is 3.40. The zero-order valence-electron chi connectivity index (χ0n) is 10.0. The highest BCUT2D eigenvalue weighted by atomic mass is 35.5. The molecule has 18 heavy (non-hydrogen) atoms. The number of carbonyl (C=O) groups excluding carboxylic acids is 1. The lowest BCUT2D eigenvalue weighted by Gasteiger charge is -2.17. The summed E-state index contributed by atoms with van der Waals surface area (Å²) >= 11 is 5.71. The lowest BCUT2D eigenvalue weighted by atomic mass is 9.93. The average Bonchev–Trinajstić information content (AvgIpc) is 2.93. The number of hydrogen-bond acceptors (Lipinski definition) is 3. The van der Waals surface area contributed by atoms with E-state index >= 15 is 0 Å². The molecule has 0 aromatic carbocycles. The Hall–Kier alpha value is -1.13. The Morgan fingerprint density at radius 2 is 2.33 bits per heavy atom. The van der Waals surface area contributed by atoms with Gasteiger partial charge in [0.2, 0.25) is 5.91 Å². The zero-order chi connectivity index (χ0) is 12.5. The van der Waals surface area contributed by atoms with Crippen LogP contribution in [-0.2, 0) is 4.79 Å². The molecule has 1 aliphatic heterocycles. The molecule has 2 heterocycles. The molecule has 2 aliphatic rings. The first-order chi connectivity index (χ1) is 8.74. The number of nitrogens with zero attached hydrogens (tertiary/aromatic N) is 1. The highest BCUT2D eigenvalue weighted by Gasteiger charge is 2.42. The Morgan fingerprint density at radius 1 is 1.44 bits per heavy atom. The van der Waals surface area contributed by atoms with Crippen molar-refractivity contribution >= 4 is 23.2 Å². The van der Waals surface area contributed by atoms with E-state index in [0.717, 1.165) is 13.0 Å². The van der Waals surface area contributed by atoms with E-state index in [-0.39, 0.29) is 11.9 Å². The van der Waals surface area contributed by atoms with Crippen LogP contribution in [0.25, 0.3) is 0 Å². The molecule has 3 rings (SSSR count). The van der Waals surface area contributed by atoms with Crippen LogP contribution in [0.4, 0.5) is 5.69 Å². The molecule has 1 aliphatic carbocycles. The van der Waals surface area contributed by atoms with E-state index in [1.165, 1.54) is 12.8 Å². The van der Waals surface area contributed by atoms with Crippen molar-refractivity contribution in [3.05, 3.63) is 23.5 Å². The van der Waals surface area contributed by atoms with E-state index in [1.807, 2.05) is 0 Å². The zero-order valence-corrected chi connectivity index (χ0v) is 10.8. The molecule has 5 heteroatoms. The van der Waals surface area contributed by atoms with Crippen LogP contribution >= 0.6 is 11.6 Å². The van der Waals surface area contributed by atoms with Crippen LogP contribution in [-0.4, -0.2) is 23.5 Å². The highest BCUT2D eigenvalue weighted by molar-refractivity contribution is 6.29. The molecule has 0 radical (unpaired) electrons. The third-order valence-electron chi connectivity index (χ3n) is 4.02. The molecule has 1 amide bonds. The Labute approximate surface area is 111 Å². The van der Waals surface area contributed by atoms with E-state index < -0.39 is 0 Å². The molecule has 1 aromatic heterocycles. The molecular formula is C13H16ClN3O. The Bertz CT molecular complexity index is 448. The number of rotatable bonds is 2. The fraction of sp³-hybridized carbons (Fsp3) is 0.538. The van der Waals surface area contributed by atoms with Gasteiger partial charge in [0, 0.05) is 0 Å². The van der Waals surface area contributed by atoms with Crippen LogP contribution in [0.3, 0.4) is 0 Å². The summed E-state index contributed by atoms with van der Waals surface area (Å²) in [6.45, 7) is 0.974. The van der Waals surface area contributed by atoms with Gasteiger partial charge in [-0.2, -0.15) is 0 Å². The van der Waals surface area contributed by atoms with Crippen LogP contribution in [0.1, 0.15) is 19.3 Å². The average molecular weight is 266 g/mol. The number of amides is 1. The molecule has 96 valence electrons. The van der Waals surface area contributed by atoms with Gasteiger partial charge in [0.1, 0.15) is 5.15 Å². The smallest absolute Gasteiger partial charge is 0.241 e. The number of pyridine rings is 1. The summed E-state index contributed by atoms with van der Waals surface area (Å²) in [5.74, 6) is 1.24. The minimum Gasteiger partial charge on any atom is -0.323 e. The minimum absolute atomic E-state index is 0.0480. The van der Waals surface area contributed by atoms with Crippen molar-refractivity contribution in [2.75, 3.05) is 11.9 Å². The molecule has 1 saturated heterocycles. The second-order valence-corrected chi connectivity index (χ2v) is 5.49. The number of halogens is 1. The Morgan fingerprint density at radius 3 is 3.11 bits per heavy atom. The number of nitrogens with one attached hydrogen (secondary N) is 2. The number of anilines is 1. The fourth-order valence-corrected chi connectivity index (χ4v) is 3.26. The van der Waals surface area contributed by atoms with Crippen molar-refractivity contribution in [1.82, 2.24) is 10.3 Å². The maximum Gasteiger partial charge on any atom is 0.241 e. The molecule has 3 unspecified atom stereocenters. The normalized spacial score (nSPS) is 30.2. The van der Waals surface area contributed by atoms with Gasteiger partial charge in [0.25, 0.3) is 0 Å². The summed E-state index contributed by atoms with van der Waals surface area (Å²) in [4.78, 5) is 16.2. The van der Waals surface area contributed by atoms with Gasteiger partial charge in [-0.1, -0.05) is 18.0 Å². The van der Waals surface area contributed by atoms with Gasteiger partial charge in [-0.25, -0.2) is 4.98 Å². The molecule has 3 atom stereocenters. The largest absolute Gasteiger partial charge is 0.323 e. The lowest BCUT2D eigenvalue weighted by molar-refractivity contribution is -0.118. The van der Waals surface area contributed by atoms with Crippen LogP contribution < -0.4 is 10.6 Å². The number of carbonyl (C=O) groups is 1. The maximum atomic E-state index is 12.2. The molecule has 2 fully saturated rings. The molecule has 2 N–H and O–H groups in total. The molecular weight excluding hydrogens is 250 g/mol. The molecule has 1 saturated carbocycles. The van der Waals surface area contributed by atoms with E-state index in [9.17, 15) is 4.79 Å². The van der Waals surface area contributed by atoms with Gasteiger partial charge in [0.15, 0.2) is 0 Å². The van der Waals surface area contributed by atoms with Crippen molar-refractivity contribution in [3.63, 3.8) is 0 Å². The SMILES string of the molecule is O=C(Nc1ccc(Cl)nc1)C1NCC2CCCC21. The predicted molar refractivity (Wildman–Crippen MR) is 70.5 cm³/mol. The first kappa shape index (κ1) is 11.9. The van der Waals surface area contributed by atoms with Gasteiger partial charge in [-0.3, -0.25) is 4.79 Å². The van der Waals surface area contributed by atoms with Crippen LogP contribution in [0.2, 0.25) is 5.15 Å². The topological polar surface area (TPSA) is 54.0 Å². The third-order valence-corrected chi connectivity index (χ3v) is 4.25. The van der Waals surface area contributed by atoms with Gasteiger partial charge in [-0.15, -0.1) is 0 Å². The van der Waals surface area contributed by atoms with Crippen molar-refractivity contribution < 1.29 is 4.79 Å². The van der Waals surface area contributed by atoms with Crippen LogP contribution in [0, 0.1) is 11.8 Å². The Kier molecular flexibility index (Phi) is 3.22. The van der Waals surface area contributed by atoms with Crippen molar-refractivity contribution in [2.45, 2.75) is 25.3 Å². The van der Waals surface area contributed by atoms with Crippen molar-refractivity contribution in [3.8, 4) is 0 Å². The maximum absolute atomic E-state index is 12.2. The molecule has 0 spiro atoms. The molecule has 1 aromatic rings. The predicted octanol–water partition coefficient (Wildman–Crippen LogP) is 2.06. The standard InChI is InChI=1S/C13H16ClN3O/c14-11-5-4-9(7-15-11)17-13(18)12-10-3-1-2-8(10)6-16-12/h4-5,7-8,10,12,16H,1-3,6H2,(H,17,18). The second kappa shape index (κ2) is 4.86. The number of hydrogen-bond donors (Lipinski definition) is 2. The van der Waals surface area contributed by atoms with E-state index in [2.05, 4.69) is 15.6 Å². The van der Waals surface area contributed by atoms with E-state index in [4.69, 9.17) is 11.6 Å². The van der Waals surface area contributed by atoms with Crippen molar-refractivity contribution in [2.24, 2.45) is 11.8 Å². The summed E-state index contributed by atoms with van der Waals surface area (Å²) < 4.78 is 0.